The molecule has 1 aliphatic heterocycles. The first-order valence-electron chi connectivity index (χ1n) is 8.35. The van der Waals surface area contributed by atoms with Crippen molar-refractivity contribution in [2.24, 2.45) is 0 Å². The SMILES string of the molecule is CN(C(=O)COc1ccc(Oc2ccccc2)cc1)[C@H]1CCS(=O)(=O)C1. The minimum atomic E-state index is -3.02. The molecule has 0 aromatic heterocycles. The minimum Gasteiger partial charge on any atom is -0.484 e. The number of para-hydroxylation sites is 1. The number of sulfone groups is 1. The Morgan fingerprint density at radius 3 is 2.27 bits per heavy atom. The molecule has 2 aromatic rings. The van der Waals surface area contributed by atoms with E-state index in [-0.39, 0.29) is 30.1 Å². The lowest BCUT2D eigenvalue weighted by Gasteiger charge is -2.23. The summed E-state index contributed by atoms with van der Waals surface area (Å²) in [5.41, 5.74) is 0. The van der Waals surface area contributed by atoms with Gasteiger partial charge >= 0.3 is 0 Å². The summed E-state index contributed by atoms with van der Waals surface area (Å²) in [5.74, 6) is 1.88. The van der Waals surface area contributed by atoms with Gasteiger partial charge in [0.05, 0.1) is 11.5 Å². The second-order valence-electron chi connectivity index (χ2n) is 6.24. The Morgan fingerprint density at radius 1 is 1.04 bits per heavy atom. The van der Waals surface area contributed by atoms with Crippen molar-refractivity contribution in [1.29, 1.82) is 0 Å². The van der Waals surface area contributed by atoms with E-state index in [1.54, 1.807) is 31.3 Å². The molecule has 1 saturated heterocycles. The van der Waals surface area contributed by atoms with Crippen molar-refractivity contribution in [3.63, 3.8) is 0 Å². The molecule has 1 atom stereocenters. The van der Waals surface area contributed by atoms with Gasteiger partial charge in [0.15, 0.2) is 16.4 Å². The molecule has 1 fully saturated rings. The van der Waals surface area contributed by atoms with Crippen molar-refractivity contribution < 1.29 is 22.7 Å². The smallest absolute Gasteiger partial charge is 0.260 e. The van der Waals surface area contributed by atoms with Crippen LogP contribution in [0.25, 0.3) is 0 Å². The molecule has 6 nitrogen and oxygen atoms in total. The topological polar surface area (TPSA) is 72.9 Å². The molecule has 26 heavy (non-hydrogen) atoms. The van der Waals surface area contributed by atoms with Crippen molar-refractivity contribution in [3.8, 4) is 17.2 Å². The van der Waals surface area contributed by atoms with Gasteiger partial charge in [-0.1, -0.05) is 18.2 Å². The molecular weight excluding hydrogens is 354 g/mol. The fraction of sp³-hybridized carbons (Fsp3) is 0.316. The summed E-state index contributed by atoms with van der Waals surface area (Å²) in [7, 11) is -1.40. The molecule has 3 rings (SSSR count). The van der Waals surface area contributed by atoms with E-state index in [4.69, 9.17) is 9.47 Å². The molecule has 1 heterocycles. The first-order valence-corrected chi connectivity index (χ1v) is 10.2. The van der Waals surface area contributed by atoms with E-state index in [1.165, 1.54) is 4.90 Å². The Hall–Kier alpha value is -2.54. The number of benzene rings is 2. The Morgan fingerprint density at radius 2 is 1.65 bits per heavy atom. The van der Waals surface area contributed by atoms with Crippen LogP contribution in [0, 0.1) is 0 Å². The molecule has 0 bridgehead atoms. The van der Waals surface area contributed by atoms with E-state index in [9.17, 15) is 13.2 Å². The van der Waals surface area contributed by atoms with Crippen LogP contribution in [-0.2, 0) is 14.6 Å². The molecule has 0 spiro atoms. The van der Waals surface area contributed by atoms with Crippen molar-refractivity contribution >= 4 is 15.7 Å². The quantitative estimate of drug-likeness (QED) is 0.776. The van der Waals surface area contributed by atoms with Gasteiger partial charge in [0.1, 0.15) is 17.2 Å². The van der Waals surface area contributed by atoms with Gasteiger partial charge in [-0.2, -0.15) is 0 Å². The fourth-order valence-electron chi connectivity index (χ4n) is 2.76. The number of rotatable bonds is 6. The van der Waals surface area contributed by atoms with Crippen LogP contribution in [0.2, 0.25) is 0 Å². The Kier molecular flexibility index (Phi) is 5.46. The third-order valence-electron chi connectivity index (χ3n) is 4.31. The van der Waals surface area contributed by atoms with Crippen LogP contribution in [0.5, 0.6) is 17.2 Å². The van der Waals surface area contributed by atoms with Crippen molar-refractivity contribution in [2.75, 3.05) is 25.2 Å². The molecule has 0 radical (unpaired) electrons. The number of amides is 1. The lowest BCUT2D eigenvalue weighted by atomic mass is 10.2. The van der Waals surface area contributed by atoms with Crippen molar-refractivity contribution in [3.05, 3.63) is 54.6 Å². The Balaban J connectivity index is 1.50. The van der Waals surface area contributed by atoms with Crippen LogP contribution in [0.3, 0.4) is 0 Å². The van der Waals surface area contributed by atoms with Crippen molar-refractivity contribution in [1.82, 2.24) is 4.90 Å². The van der Waals surface area contributed by atoms with Crippen LogP contribution in [0.1, 0.15) is 6.42 Å². The minimum absolute atomic E-state index is 0.0285. The van der Waals surface area contributed by atoms with Crippen LogP contribution in [0.15, 0.2) is 54.6 Å². The van der Waals surface area contributed by atoms with Crippen LogP contribution in [-0.4, -0.2) is 50.4 Å². The summed E-state index contributed by atoms with van der Waals surface area (Å²) in [4.78, 5) is 13.7. The molecular formula is C19H21NO5S. The van der Waals surface area contributed by atoms with Gasteiger partial charge in [-0.3, -0.25) is 4.79 Å². The number of nitrogens with zero attached hydrogens (tertiary/aromatic N) is 1. The van der Waals surface area contributed by atoms with Crippen LogP contribution in [0.4, 0.5) is 0 Å². The van der Waals surface area contributed by atoms with Crippen LogP contribution < -0.4 is 9.47 Å². The number of hydrogen-bond donors (Lipinski definition) is 0. The number of carbonyl (C=O) groups is 1. The van der Waals surface area contributed by atoms with Gasteiger partial charge < -0.3 is 14.4 Å². The molecule has 138 valence electrons. The molecule has 1 amide bonds. The highest BCUT2D eigenvalue weighted by atomic mass is 32.2. The molecule has 0 unspecified atom stereocenters. The van der Waals surface area contributed by atoms with Gasteiger partial charge in [0.2, 0.25) is 0 Å². The molecule has 0 aliphatic carbocycles. The Labute approximate surface area is 153 Å². The second kappa shape index (κ2) is 7.78. The molecule has 7 heteroatoms. The first-order chi connectivity index (χ1) is 12.4. The normalized spacial score (nSPS) is 18.3. The predicted octanol–water partition coefficient (Wildman–Crippen LogP) is 2.50. The maximum atomic E-state index is 12.2. The Bertz CT molecular complexity index is 849. The highest BCUT2D eigenvalue weighted by Gasteiger charge is 2.32. The van der Waals surface area contributed by atoms with E-state index in [0.29, 0.717) is 17.9 Å². The maximum absolute atomic E-state index is 12.2. The zero-order valence-electron chi connectivity index (χ0n) is 14.5. The molecule has 2 aromatic carbocycles. The zero-order valence-corrected chi connectivity index (χ0v) is 15.3. The molecule has 0 saturated carbocycles. The highest BCUT2D eigenvalue weighted by molar-refractivity contribution is 7.91. The first kappa shape index (κ1) is 18.3. The van der Waals surface area contributed by atoms with Gasteiger partial charge in [0.25, 0.3) is 5.91 Å². The second-order valence-corrected chi connectivity index (χ2v) is 8.47. The monoisotopic (exact) mass is 375 g/mol. The van der Waals surface area contributed by atoms with E-state index in [1.807, 2.05) is 30.3 Å². The summed E-state index contributed by atoms with van der Waals surface area (Å²) in [6.07, 6.45) is 0.482. The summed E-state index contributed by atoms with van der Waals surface area (Å²) in [6, 6.07) is 16.1. The third-order valence-corrected chi connectivity index (χ3v) is 6.06. The summed E-state index contributed by atoms with van der Waals surface area (Å²) < 4.78 is 34.3. The van der Waals surface area contributed by atoms with Crippen LogP contribution >= 0.6 is 0 Å². The average Bonchev–Trinajstić information content (AvgIpc) is 3.01. The summed E-state index contributed by atoms with van der Waals surface area (Å²) in [6.45, 7) is -0.133. The van der Waals surface area contributed by atoms with Gasteiger partial charge in [-0.25, -0.2) is 8.42 Å². The lowest BCUT2D eigenvalue weighted by molar-refractivity contribution is -0.133. The largest absolute Gasteiger partial charge is 0.484 e. The molecule has 0 N–H and O–H groups in total. The lowest BCUT2D eigenvalue weighted by Crippen LogP contribution is -2.40. The highest BCUT2D eigenvalue weighted by Crippen LogP contribution is 2.23. The van der Waals surface area contributed by atoms with E-state index in [2.05, 4.69) is 0 Å². The number of ether oxygens (including phenoxy) is 2. The van der Waals surface area contributed by atoms with Gasteiger partial charge in [-0.05, 0) is 42.8 Å². The maximum Gasteiger partial charge on any atom is 0.260 e. The van der Waals surface area contributed by atoms with Crippen molar-refractivity contribution in [2.45, 2.75) is 12.5 Å². The number of hydrogen-bond acceptors (Lipinski definition) is 5. The van der Waals surface area contributed by atoms with Gasteiger partial charge in [0, 0.05) is 13.1 Å². The van der Waals surface area contributed by atoms with E-state index < -0.39 is 9.84 Å². The summed E-state index contributed by atoms with van der Waals surface area (Å²) in [5, 5.41) is 0. The average molecular weight is 375 g/mol. The molecule has 1 aliphatic rings. The number of carbonyl (C=O) groups excluding carboxylic acids is 1. The standard InChI is InChI=1S/C19H21NO5S/c1-20(15-11-12-26(22,23)14-15)19(21)13-24-16-7-9-18(10-8-16)25-17-5-3-2-4-6-17/h2-10,15H,11-14H2,1H3/t15-/m0/s1. The number of likely N-dealkylation sites (N-methyl/N-ethyl adjacent to an activating group) is 1. The van der Waals surface area contributed by atoms with E-state index in [0.717, 1.165) is 5.75 Å². The third kappa shape index (κ3) is 4.76. The fourth-order valence-corrected chi connectivity index (χ4v) is 4.53. The zero-order chi connectivity index (χ0) is 18.6. The van der Waals surface area contributed by atoms with Gasteiger partial charge in [-0.15, -0.1) is 0 Å². The predicted molar refractivity (Wildman–Crippen MR) is 98.3 cm³/mol. The van der Waals surface area contributed by atoms with E-state index >= 15 is 0 Å². The summed E-state index contributed by atoms with van der Waals surface area (Å²) >= 11 is 0.